The minimum atomic E-state index is -0.293. The Balaban J connectivity index is 2.74. The Bertz CT molecular complexity index is 638. The molecule has 1 heterocycles. The molecule has 2 rings (SSSR count). The van der Waals surface area contributed by atoms with E-state index in [2.05, 4.69) is 27.4 Å². The van der Waals surface area contributed by atoms with Crippen molar-refractivity contribution >= 4 is 33.1 Å². The van der Waals surface area contributed by atoms with Gasteiger partial charge in [-0.25, -0.2) is 4.39 Å². The highest BCUT2D eigenvalue weighted by atomic mass is 79.9. The summed E-state index contributed by atoms with van der Waals surface area (Å²) in [5.41, 5.74) is 7.45. The van der Waals surface area contributed by atoms with Gasteiger partial charge in [0, 0.05) is 21.6 Å². The molecule has 0 aliphatic carbocycles. The number of rotatable bonds is 5. The number of hydrogen-bond acceptors (Lipinski definition) is 2. The van der Waals surface area contributed by atoms with Crippen LogP contribution in [0.15, 0.2) is 22.7 Å². The van der Waals surface area contributed by atoms with Crippen LogP contribution in [0.25, 0.3) is 10.9 Å². The fraction of sp³-hybridized carbons (Fsp3) is 0.400. The summed E-state index contributed by atoms with van der Waals surface area (Å²) in [4.78, 5) is 11.1. The standard InChI is InChI=1S/C15H18BrFN2O/c1-9(8-20)14-6-11-5-12(17)7-13(16)15(11)19(14)10(2)3-4-18/h5-10H,3-4,18H2,1-2H3. The number of carbonyl (C=O) groups is 1. The third-order valence-electron chi connectivity index (χ3n) is 3.58. The lowest BCUT2D eigenvalue weighted by atomic mass is 10.1. The summed E-state index contributed by atoms with van der Waals surface area (Å²) in [7, 11) is 0. The zero-order chi connectivity index (χ0) is 14.9. The zero-order valence-electron chi connectivity index (χ0n) is 11.6. The topological polar surface area (TPSA) is 48.0 Å². The molecule has 0 saturated heterocycles. The summed E-state index contributed by atoms with van der Waals surface area (Å²) in [6.07, 6.45) is 1.70. The number of aromatic nitrogens is 1. The number of fused-ring (bicyclic) bond motifs is 1. The molecule has 0 fully saturated rings. The first-order chi connectivity index (χ1) is 9.49. The second kappa shape index (κ2) is 6.06. The molecule has 0 bridgehead atoms. The minimum absolute atomic E-state index is 0.150. The number of hydrogen-bond donors (Lipinski definition) is 1. The van der Waals surface area contributed by atoms with Crippen molar-refractivity contribution in [1.82, 2.24) is 4.57 Å². The molecule has 2 aromatic rings. The molecule has 0 saturated carbocycles. The van der Waals surface area contributed by atoms with Crippen molar-refractivity contribution < 1.29 is 9.18 Å². The number of halogens is 2. The first-order valence-corrected chi connectivity index (χ1v) is 7.44. The van der Waals surface area contributed by atoms with Gasteiger partial charge in [-0.2, -0.15) is 0 Å². The molecule has 0 aliphatic rings. The van der Waals surface area contributed by atoms with Crippen molar-refractivity contribution in [3.63, 3.8) is 0 Å². The number of carbonyl (C=O) groups excluding carboxylic acids is 1. The lowest BCUT2D eigenvalue weighted by Gasteiger charge is -2.20. The summed E-state index contributed by atoms with van der Waals surface area (Å²) in [6.45, 7) is 4.47. The van der Waals surface area contributed by atoms with Gasteiger partial charge in [0.1, 0.15) is 12.1 Å². The fourth-order valence-corrected chi connectivity index (χ4v) is 3.21. The molecule has 108 valence electrons. The average Bonchev–Trinajstić information content (AvgIpc) is 2.77. The van der Waals surface area contributed by atoms with Crippen LogP contribution in [0.1, 0.15) is 37.9 Å². The summed E-state index contributed by atoms with van der Waals surface area (Å²) < 4.78 is 16.3. The summed E-state index contributed by atoms with van der Waals surface area (Å²) in [5.74, 6) is -0.532. The van der Waals surface area contributed by atoms with Crippen LogP contribution in [0.3, 0.4) is 0 Å². The van der Waals surface area contributed by atoms with Crippen LogP contribution in [0.2, 0.25) is 0 Å². The lowest BCUT2D eigenvalue weighted by molar-refractivity contribution is -0.108. The van der Waals surface area contributed by atoms with E-state index in [-0.39, 0.29) is 17.8 Å². The predicted octanol–water partition coefficient (Wildman–Crippen LogP) is 3.76. The minimum Gasteiger partial charge on any atom is -0.340 e. The third kappa shape index (κ3) is 2.65. The molecule has 5 heteroatoms. The zero-order valence-corrected chi connectivity index (χ0v) is 13.2. The van der Waals surface area contributed by atoms with Gasteiger partial charge in [0.15, 0.2) is 0 Å². The second-order valence-corrected chi connectivity index (χ2v) is 5.97. The predicted molar refractivity (Wildman–Crippen MR) is 82.5 cm³/mol. The van der Waals surface area contributed by atoms with Crippen LogP contribution in [0.5, 0.6) is 0 Å². The SMILES string of the molecule is CC(C=O)c1cc2cc(F)cc(Br)c2n1C(C)CCN. The van der Waals surface area contributed by atoms with Crippen LogP contribution in [-0.4, -0.2) is 17.4 Å². The van der Waals surface area contributed by atoms with E-state index in [1.54, 1.807) is 0 Å². The van der Waals surface area contributed by atoms with E-state index in [0.717, 1.165) is 29.3 Å². The van der Waals surface area contributed by atoms with E-state index < -0.39 is 0 Å². The monoisotopic (exact) mass is 340 g/mol. The number of nitrogens with two attached hydrogens (primary N) is 1. The smallest absolute Gasteiger partial charge is 0.128 e. The molecule has 0 radical (unpaired) electrons. The molecule has 2 N–H and O–H groups in total. The van der Waals surface area contributed by atoms with Gasteiger partial charge in [-0.15, -0.1) is 0 Å². The third-order valence-corrected chi connectivity index (χ3v) is 4.18. The number of aldehydes is 1. The Morgan fingerprint density at radius 3 is 2.70 bits per heavy atom. The highest BCUT2D eigenvalue weighted by Gasteiger charge is 2.20. The van der Waals surface area contributed by atoms with Gasteiger partial charge < -0.3 is 15.1 Å². The summed E-state index contributed by atoms with van der Waals surface area (Å²) >= 11 is 3.42. The first-order valence-electron chi connectivity index (χ1n) is 6.64. The Kier molecular flexibility index (Phi) is 4.60. The molecule has 0 spiro atoms. The average molecular weight is 341 g/mol. The second-order valence-electron chi connectivity index (χ2n) is 5.12. The highest BCUT2D eigenvalue weighted by Crippen LogP contribution is 2.34. The van der Waals surface area contributed by atoms with Crippen LogP contribution in [0.4, 0.5) is 4.39 Å². The summed E-state index contributed by atoms with van der Waals surface area (Å²) in [6, 6.07) is 4.97. The quantitative estimate of drug-likeness (QED) is 0.842. The van der Waals surface area contributed by atoms with Crippen molar-refractivity contribution in [3.8, 4) is 0 Å². The Morgan fingerprint density at radius 1 is 1.40 bits per heavy atom. The van der Waals surface area contributed by atoms with E-state index in [1.807, 2.05) is 13.0 Å². The van der Waals surface area contributed by atoms with Crippen LogP contribution in [-0.2, 0) is 4.79 Å². The van der Waals surface area contributed by atoms with E-state index in [9.17, 15) is 9.18 Å². The van der Waals surface area contributed by atoms with Gasteiger partial charge in [-0.3, -0.25) is 0 Å². The van der Waals surface area contributed by atoms with Crippen molar-refractivity contribution in [3.05, 3.63) is 34.2 Å². The molecule has 3 nitrogen and oxygen atoms in total. The van der Waals surface area contributed by atoms with Crippen LogP contribution in [0, 0.1) is 5.82 Å². The van der Waals surface area contributed by atoms with Crippen molar-refractivity contribution in [2.45, 2.75) is 32.2 Å². The van der Waals surface area contributed by atoms with Gasteiger partial charge in [0.2, 0.25) is 0 Å². The van der Waals surface area contributed by atoms with Gasteiger partial charge in [-0.05, 0) is 54.0 Å². The van der Waals surface area contributed by atoms with E-state index in [4.69, 9.17) is 5.73 Å². The van der Waals surface area contributed by atoms with Gasteiger partial charge in [0.05, 0.1) is 11.4 Å². The first kappa shape index (κ1) is 15.2. The maximum absolute atomic E-state index is 13.5. The molecular weight excluding hydrogens is 323 g/mol. The molecule has 1 aromatic carbocycles. The van der Waals surface area contributed by atoms with Gasteiger partial charge >= 0.3 is 0 Å². The molecular formula is C15H18BrFN2O. The van der Waals surface area contributed by atoms with Crippen molar-refractivity contribution in [1.29, 1.82) is 0 Å². The normalized spacial score (nSPS) is 14.4. The Morgan fingerprint density at radius 2 is 2.10 bits per heavy atom. The van der Waals surface area contributed by atoms with E-state index in [0.29, 0.717) is 11.0 Å². The van der Waals surface area contributed by atoms with Crippen molar-refractivity contribution in [2.75, 3.05) is 6.54 Å². The number of nitrogens with zero attached hydrogens (tertiary/aromatic N) is 1. The van der Waals surface area contributed by atoms with Gasteiger partial charge in [-0.1, -0.05) is 6.92 Å². The molecule has 2 unspecified atom stereocenters. The molecule has 2 atom stereocenters. The Hall–Kier alpha value is -1.20. The molecule has 0 amide bonds. The molecule has 20 heavy (non-hydrogen) atoms. The van der Waals surface area contributed by atoms with Crippen molar-refractivity contribution in [2.24, 2.45) is 5.73 Å². The van der Waals surface area contributed by atoms with E-state index >= 15 is 0 Å². The maximum Gasteiger partial charge on any atom is 0.128 e. The Labute approximate surface area is 126 Å². The van der Waals surface area contributed by atoms with Crippen LogP contribution < -0.4 is 5.73 Å². The largest absolute Gasteiger partial charge is 0.340 e. The molecule has 0 aliphatic heterocycles. The fourth-order valence-electron chi connectivity index (χ4n) is 2.57. The van der Waals surface area contributed by atoms with Crippen LogP contribution >= 0.6 is 15.9 Å². The lowest BCUT2D eigenvalue weighted by Crippen LogP contribution is -2.15. The maximum atomic E-state index is 13.5. The number of benzene rings is 1. The van der Waals surface area contributed by atoms with Gasteiger partial charge in [0.25, 0.3) is 0 Å². The highest BCUT2D eigenvalue weighted by molar-refractivity contribution is 9.10. The van der Waals surface area contributed by atoms with E-state index in [1.165, 1.54) is 12.1 Å². The molecule has 1 aromatic heterocycles. The summed E-state index contributed by atoms with van der Waals surface area (Å²) in [5, 5.41) is 0.796.